The van der Waals surface area contributed by atoms with Crippen molar-refractivity contribution in [3.8, 4) is 0 Å². The van der Waals surface area contributed by atoms with E-state index >= 15 is 0 Å². The van der Waals surface area contributed by atoms with Crippen LogP contribution in [-0.4, -0.2) is 54.8 Å². The lowest BCUT2D eigenvalue weighted by Gasteiger charge is -2.35. The van der Waals surface area contributed by atoms with Gasteiger partial charge in [0.25, 0.3) is 0 Å². The van der Waals surface area contributed by atoms with Gasteiger partial charge in [-0.2, -0.15) is 0 Å². The van der Waals surface area contributed by atoms with Crippen molar-refractivity contribution in [2.75, 3.05) is 13.3 Å². The number of para-hydroxylation sites is 1. The molecule has 2 fully saturated rings. The fraction of sp³-hybridized carbons (Fsp3) is 0.500. The molecule has 3 heterocycles. The van der Waals surface area contributed by atoms with Gasteiger partial charge in [0.15, 0.2) is 0 Å². The predicted molar refractivity (Wildman–Crippen MR) is 100 cm³/mol. The summed E-state index contributed by atoms with van der Waals surface area (Å²) >= 11 is 6.32. The standard InChI is InChI=1S/C18H21ClN2O4S/c1-20-11-7-8-12(20)10-13(9-11)25-18(22)16-14-5-3-4-6-15(14)21(17(16)19)26(2,23)24/h3-6,11-13H,7-10H2,1-2H3/t11-,12+,13+. The van der Waals surface area contributed by atoms with E-state index in [2.05, 4.69) is 11.9 Å². The number of carbonyl (C=O) groups is 1. The molecule has 1 aromatic heterocycles. The normalized spacial score (nSPS) is 26.3. The molecule has 1 aromatic carbocycles. The average Bonchev–Trinajstić information content (AvgIpc) is 2.95. The first-order valence-corrected chi connectivity index (χ1v) is 10.9. The predicted octanol–water partition coefficient (Wildman–Crippen LogP) is 2.88. The number of hydrogen-bond acceptors (Lipinski definition) is 5. The van der Waals surface area contributed by atoms with E-state index in [4.69, 9.17) is 16.3 Å². The summed E-state index contributed by atoms with van der Waals surface area (Å²) in [4.78, 5) is 15.2. The lowest BCUT2D eigenvalue weighted by atomic mass is 10.0. The number of nitrogens with zero attached hydrogens (tertiary/aromatic N) is 2. The molecular formula is C18H21ClN2O4S. The molecule has 2 aliphatic heterocycles. The largest absolute Gasteiger partial charge is 0.459 e. The molecule has 0 amide bonds. The third-order valence-electron chi connectivity index (χ3n) is 5.64. The maximum absolute atomic E-state index is 12.9. The Morgan fingerprint density at radius 3 is 2.42 bits per heavy atom. The number of rotatable bonds is 3. The van der Waals surface area contributed by atoms with Crippen LogP contribution in [-0.2, 0) is 14.8 Å². The van der Waals surface area contributed by atoms with Crippen molar-refractivity contribution in [3.63, 3.8) is 0 Å². The second-order valence-corrected chi connectivity index (χ2v) is 9.45. The zero-order valence-corrected chi connectivity index (χ0v) is 16.3. The van der Waals surface area contributed by atoms with Crippen LogP contribution in [0.2, 0.25) is 5.15 Å². The van der Waals surface area contributed by atoms with Crippen LogP contribution in [0.25, 0.3) is 10.9 Å². The molecule has 0 N–H and O–H groups in total. The van der Waals surface area contributed by atoms with Crippen molar-refractivity contribution in [1.29, 1.82) is 0 Å². The quantitative estimate of drug-likeness (QED) is 0.746. The third kappa shape index (κ3) is 2.82. The van der Waals surface area contributed by atoms with Gasteiger partial charge in [-0.15, -0.1) is 0 Å². The highest BCUT2D eigenvalue weighted by Gasteiger charge is 2.40. The minimum Gasteiger partial charge on any atom is -0.459 e. The van der Waals surface area contributed by atoms with E-state index in [0.717, 1.165) is 35.9 Å². The van der Waals surface area contributed by atoms with E-state index in [1.54, 1.807) is 24.3 Å². The van der Waals surface area contributed by atoms with E-state index in [9.17, 15) is 13.2 Å². The zero-order chi connectivity index (χ0) is 18.6. The van der Waals surface area contributed by atoms with Gasteiger partial charge >= 0.3 is 5.97 Å². The van der Waals surface area contributed by atoms with Crippen molar-refractivity contribution in [3.05, 3.63) is 35.0 Å². The molecule has 0 unspecified atom stereocenters. The number of piperidine rings is 1. The van der Waals surface area contributed by atoms with Crippen LogP contribution in [0.4, 0.5) is 0 Å². The van der Waals surface area contributed by atoms with Crippen LogP contribution < -0.4 is 0 Å². The third-order valence-corrected chi connectivity index (χ3v) is 7.14. The lowest BCUT2D eigenvalue weighted by molar-refractivity contribution is -0.000247. The van der Waals surface area contributed by atoms with Gasteiger partial charge in [0.2, 0.25) is 10.0 Å². The second kappa shape index (κ2) is 6.25. The Kier molecular flexibility index (Phi) is 4.28. The Balaban J connectivity index is 1.69. The average molecular weight is 397 g/mol. The molecule has 4 rings (SSSR count). The van der Waals surface area contributed by atoms with Crippen LogP contribution in [0.3, 0.4) is 0 Å². The van der Waals surface area contributed by atoms with E-state index in [0.29, 0.717) is 23.0 Å². The van der Waals surface area contributed by atoms with Crippen molar-refractivity contribution in [2.24, 2.45) is 0 Å². The number of halogens is 1. The molecule has 3 atom stereocenters. The highest BCUT2D eigenvalue weighted by atomic mass is 35.5. The van der Waals surface area contributed by atoms with Crippen molar-refractivity contribution in [2.45, 2.75) is 43.9 Å². The topological polar surface area (TPSA) is 68.6 Å². The number of fused-ring (bicyclic) bond motifs is 3. The summed E-state index contributed by atoms with van der Waals surface area (Å²) in [5.74, 6) is -0.553. The van der Waals surface area contributed by atoms with Crippen LogP contribution >= 0.6 is 11.6 Å². The van der Waals surface area contributed by atoms with Gasteiger partial charge in [-0.1, -0.05) is 29.8 Å². The number of carbonyl (C=O) groups excluding carboxylic acids is 1. The molecule has 2 aliphatic rings. The molecule has 26 heavy (non-hydrogen) atoms. The molecule has 6 nitrogen and oxygen atoms in total. The first-order chi connectivity index (χ1) is 12.3. The summed E-state index contributed by atoms with van der Waals surface area (Å²) < 4.78 is 31.1. The van der Waals surface area contributed by atoms with Gasteiger partial charge in [-0.05, 0) is 26.0 Å². The molecular weight excluding hydrogens is 376 g/mol. The Hall–Kier alpha value is -1.57. The minimum atomic E-state index is -3.65. The Bertz CT molecular complexity index is 970. The number of aromatic nitrogens is 1. The highest BCUT2D eigenvalue weighted by molar-refractivity contribution is 7.89. The molecule has 0 radical (unpaired) electrons. The smallest absolute Gasteiger partial charge is 0.342 e. The van der Waals surface area contributed by atoms with Gasteiger partial charge in [-0.25, -0.2) is 17.2 Å². The van der Waals surface area contributed by atoms with E-state index in [1.807, 2.05) is 0 Å². The number of ether oxygens (including phenoxy) is 1. The molecule has 140 valence electrons. The number of hydrogen-bond donors (Lipinski definition) is 0. The summed E-state index contributed by atoms with van der Waals surface area (Å²) in [5.41, 5.74) is 0.509. The number of benzene rings is 1. The Labute approximate surface area is 157 Å². The second-order valence-electron chi connectivity index (χ2n) is 7.26. The van der Waals surface area contributed by atoms with Crippen LogP contribution in [0.15, 0.2) is 24.3 Å². The van der Waals surface area contributed by atoms with Crippen molar-refractivity contribution in [1.82, 2.24) is 8.87 Å². The van der Waals surface area contributed by atoms with E-state index in [-0.39, 0.29) is 16.8 Å². The molecule has 0 saturated carbocycles. The van der Waals surface area contributed by atoms with Crippen molar-refractivity contribution >= 4 is 38.5 Å². The van der Waals surface area contributed by atoms with Gasteiger partial charge in [0.1, 0.15) is 16.8 Å². The highest BCUT2D eigenvalue weighted by Crippen LogP contribution is 2.37. The Morgan fingerprint density at radius 1 is 1.19 bits per heavy atom. The first-order valence-electron chi connectivity index (χ1n) is 8.69. The molecule has 8 heteroatoms. The molecule has 2 bridgehead atoms. The number of esters is 1. The SMILES string of the molecule is CN1[C@@H]2CC[C@H]1C[C@@H](OC(=O)c1c(Cl)n(S(C)(=O)=O)c3ccccc13)C2. The summed E-state index contributed by atoms with van der Waals surface area (Å²) in [6.07, 6.45) is 4.77. The van der Waals surface area contributed by atoms with E-state index < -0.39 is 16.0 Å². The van der Waals surface area contributed by atoms with E-state index in [1.165, 1.54) is 0 Å². The van der Waals surface area contributed by atoms with Gasteiger partial charge < -0.3 is 9.64 Å². The van der Waals surface area contributed by atoms with Gasteiger partial charge in [-0.3, -0.25) is 0 Å². The maximum atomic E-state index is 12.9. The monoisotopic (exact) mass is 396 g/mol. The molecule has 2 aromatic rings. The van der Waals surface area contributed by atoms with Crippen LogP contribution in [0.1, 0.15) is 36.0 Å². The maximum Gasteiger partial charge on any atom is 0.342 e. The van der Waals surface area contributed by atoms with Crippen LogP contribution in [0.5, 0.6) is 0 Å². The minimum absolute atomic E-state index is 0.116. The zero-order valence-electron chi connectivity index (χ0n) is 14.7. The summed E-state index contributed by atoms with van der Waals surface area (Å²) in [5, 5.41) is 0.374. The fourth-order valence-corrected chi connectivity index (χ4v) is 5.91. The molecule has 0 spiro atoms. The van der Waals surface area contributed by atoms with Gasteiger partial charge in [0, 0.05) is 30.3 Å². The van der Waals surface area contributed by atoms with Crippen molar-refractivity contribution < 1.29 is 17.9 Å². The fourth-order valence-electron chi connectivity index (χ4n) is 4.37. The summed E-state index contributed by atoms with van der Waals surface area (Å²) in [6, 6.07) is 7.67. The van der Waals surface area contributed by atoms with Gasteiger partial charge in [0.05, 0.1) is 11.8 Å². The lowest BCUT2D eigenvalue weighted by Crippen LogP contribution is -2.43. The summed E-state index contributed by atoms with van der Waals surface area (Å²) in [6.45, 7) is 0. The first kappa shape index (κ1) is 17.8. The molecule has 2 saturated heterocycles. The molecule has 0 aliphatic carbocycles. The summed E-state index contributed by atoms with van der Waals surface area (Å²) in [7, 11) is -1.53. The van der Waals surface area contributed by atoms with Crippen LogP contribution in [0, 0.1) is 0 Å². The Morgan fingerprint density at radius 2 is 1.81 bits per heavy atom.